The summed E-state index contributed by atoms with van der Waals surface area (Å²) in [7, 11) is 0. The van der Waals surface area contributed by atoms with Crippen LogP contribution in [-0.4, -0.2) is 15.8 Å². The van der Waals surface area contributed by atoms with E-state index >= 15 is 0 Å². The minimum Gasteiger partial charge on any atom is -0.458 e. The van der Waals surface area contributed by atoms with Crippen LogP contribution in [0.5, 0.6) is 11.5 Å². The van der Waals surface area contributed by atoms with Gasteiger partial charge in [0, 0.05) is 54.1 Å². The zero-order chi connectivity index (χ0) is 36.9. The SMILES string of the molecule is CC1(C)c2ccccc2-c2c1c1c3ccccc3n(-c3cc4c5c(c3)Sc3ccccc3B5c3ccccc3O4)c1c1c3ccccc3n(-c3ccccc3)c21. The number of benzene rings is 8. The van der Waals surface area contributed by atoms with E-state index in [0.717, 1.165) is 22.9 Å². The normalized spacial score (nSPS) is 14.4. The van der Waals surface area contributed by atoms with E-state index in [-0.39, 0.29) is 12.1 Å². The van der Waals surface area contributed by atoms with Crippen LogP contribution >= 0.6 is 11.8 Å². The summed E-state index contributed by atoms with van der Waals surface area (Å²) >= 11 is 1.87. The first-order valence-corrected chi connectivity index (χ1v) is 20.3. The molecule has 0 unspecified atom stereocenters. The molecule has 13 rings (SSSR count). The third-order valence-electron chi connectivity index (χ3n) is 12.8. The monoisotopic (exact) mass is 732 g/mol. The van der Waals surface area contributed by atoms with Crippen LogP contribution < -0.4 is 21.1 Å². The number of rotatable bonds is 2. The van der Waals surface area contributed by atoms with E-state index in [9.17, 15) is 0 Å². The van der Waals surface area contributed by atoms with Crippen LogP contribution in [0.3, 0.4) is 0 Å². The molecule has 0 bridgehead atoms. The number of fused-ring (bicyclic) bond motifs is 16. The molecule has 262 valence electrons. The molecule has 0 radical (unpaired) electrons. The first kappa shape index (κ1) is 30.9. The van der Waals surface area contributed by atoms with E-state index in [1.165, 1.54) is 92.0 Å². The Morgan fingerprint density at radius 3 is 2.00 bits per heavy atom. The Labute approximate surface area is 328 Å². The lowest BCUT2D eigenvalue weighted by atomic mass is 9.35. The Hall–Kier alpha value is -6.43. The number of para-hydroxylation sites is 4. The summed E-state index contributed by atoms with van der Waals surface area (Å²) in [5.74, 6) is 1.87. The predicted molar refractivity (Wildman–Crippen MR) is 234 cm³/mol. The molecule has 0 fully saturated rings. The van der Waals surface area contributed by atoms with Crippen molar-refractivity contribution in [1.82, 2.24) is 9.13 Å². The Balaban J connectivity index is 1.24. The lowest BCUT2D eigenvalue weighted by Crippen LogP contribution is -2.57. The highest BCUT2D eigenvalue weighted by molar-refractivity contribution is 8.00. The maximum Gasteiger partial charge on any atom is 0.253 e. The molecule has 2 aromatic heterocycles. The Morgan fingerprint density at radius 1 is 0.536 bits per heavy atom. The van der Waals surface area contributed by atoms with Gasteiger partial charge < -0.3 is 13.9 Å². The first-order chi connectivity index (χ1) is 27.6. The number of hydrogen-bond donors (Lipinski definition) is 0. The van der Waals surface area contributed by atoms with Crippen LogP contribution in [0.25, 0.3) is 66.1 Å². The quantitative estimate of drug-likeness (QED) is 0.165. The molecule has 0 N–H and O–H groups in total. The van der Waals surface area contributed by atoms with Gasteiger partial charge in [-0.25, -0.2) is 0 Å². The molecule has 0 saturated carbocycles. The summed E-state index contributed by atoms with van der Waals surface area (Å²) in [6, 6.07) is 60.3. The summed E-state index contributed by atoms with van der Waals surface area (Å²) in [6.45, 7) is 4.97. The standard InChI is InChI=1S/C51H33BN2OS/c1-51(2)35-21-9-6-18-32(35)44-47(51)45-33-19-7-12-24-38(33)54(50(45)46-34-20-8-13-25-39(34)53(49(44)46)30-16-4-3-5-17-30)31-28-41-48-43(29-31)56-42-27-15-11-23-37(42)52(48)36-22-10-14-26-40(36)55-41/h3-29H,1-2H3. The second kappa shape index (κ2) is 10.9. The van der Waals surface area contributed by atoms with Crippen molar-refractivity contribution in [2.75, 3.05) is 0 Å². The third-order valence-corrected chi connectivity index (χ3v) is 13.9. The van der Waals surface area contributed by atoms with Crippen LogP contribution in [0.1, 0.15) is 25.0 Å². The van der Waals surface area contributed by atoms with Gasteiger partial charge in [-0.15, -0.1) is 0 Å². The predicted octanol–water partition coefficient (Wildman–Crippen LogP) is 11.3. The number of nitrogens with zero attached hydrogens (tertiary/aromatic N) is 2. The summed E-state index contributed by atoms with van der Waals surface area (Å²) in [5.41, 5.74) is 16.2. The molecule has 4 heterocycles. The zero-order valence-corrected chi connectivity index (χ0v) is 31.7. The molecular weight excluding hydrogens is 699 g/mol. The van der Waals surface area contributed by atoms with Crippen molar-refractivity contribution in [2.24, 2.45) is 0 Å². The maximum absolute atomic E-state index is 6.94. The molecule has 10 aromatic rings. The largest absolute Gasteiger partial charge is 0.458 e. The van der Waals surface area contributed by atoms with Crippen LogP contribution in [0, 0.1) is 0 Å². The van der Waals surface area contributed by atoms with Crippen molar-refractivity contribution < 1.29 is 4.74 Å². The molecule has 0 saturated heterocycles. The molecular formula is C51H33BN2OS. The highest BCUT2D eigenvalue weighted by Crippen LogP contribution is 2.58. The lowest BCUT2D eigenvalue weighted by molar-refractivity contribution is 0.486. The van der Waals surface area contributed by atoms with Crippen molar-refractivity contribution in [3.63, 3.8) is 0 Å². The van der Waals surface area contributed by atoms with Crippen molar-refractivity contribution >= 4 is 78.5 Å². The molecule has 1 aliphatic carbocycles. The fraction of sp³-hybridized carbons (Fsp3) is 0.0588. The van der Waals surface area contributed by atoms with Gasteiger partial charge in [0.1, 0.15) is 11.5 Å². The molecule has 5 heteroatoms. The van der Waals surface area contributed by atoms with Crippen LogP contribution in [0.2, 0.25) is 0 Å². The van der Waals surface area contributed by atoms with E-state index in [2.05, 4.69) is 187 Å². The minimum atomic E-state index is -0.243. The van der Waals surface area contributed by atoms with Gasteiger partial charge in [-0.1, -0.05) is 146 Å². The summed E-state index contributed by atoms with van der Waals surface area (Å²) in [4.78, 5) is 2.55. The average molecular weight is 733 g/mol. The van der Waals surface area contributed by atoms with Crippen LogP contribution in [0.4, 0.5) is 0 Å². The average Bonchev–Trinajstić information content (AvgIpc) is 3.84. The van der Waals surface area contributed by atoms with Crippen molar-refractivity contribution in [2.45, 2.75) is 29.1 Å². The third kappa shape index (κ3) is 3.81. The van der Waals surface area contributed by atoms with Gasteiger partial charge in [0.25, 0.3) is 6.71 Å². The smallest absolute Gasteiger partial charge is 0.253 e. The van der Waals surface area contributed by atoms with Gasteiger partial charge in [-0.2, -0.15) is 0 Å². The Bertz CT molecular complexity index is 3290. The Morgan fingerprint density at radius 2 is 1.18 bits per heavy atom. The summed E-state index contributed by atoms with van der Waals surface area (Å²) in [6.07, 6.45) is 0. The second-order valence-corrected chi connectivity index (χ2v) is 17.1. The molecule has 8 aromatic carbocycles. The van der Waals surface area contributed by atoms with Gasteiger partial charge in [0.2, 0.25) is 0 Å². The van der Waals surface area contributed by atoms with E-state index < -0.39 is 0 Å². The van der Waals surface area contributed by atoms with E-state index in [1.807, 2.05) is 11.8 Å². The van der Waals surface area contributed by atoms with E-state index in [0.29, 0.717) is 0 Å². The van der Waals surface area contributed by atoms with Crippen molar-refractivity contribution in [3.8, 4) is 34.0 Å². The molecule has 0 atom stereocenters. The molecule has 0 amide bonds. The van der Waals surface area contributed by atoms with E-state index in [4.69, 9.17) is 4.74 Å². The van der Waals surface area contributed by atoms with E-state index in [1.54, 1.807) is 0 Å². The highest BCUT2D eigenvalue weighted by atomic mass is 32.2. The number of hydrogen-bond acceptors (Lipinski definition) is 2. The fourth-order valence-corrected chi connectivity index (χ4v) is 11.8. The van der Waals surface area contributed by atoms with Crippen molar-refractivity contribution in [3.05, 3.63) is 175 Å². The maximum atomic E-state index is 6.94. The van der Waals surface area contributed by atoms with Gasteiger partial charge in [-0.3, -0.25) is 0 Å². The zero-order valence-electron chi connectivity index (χ0n) is 30.9. The van der Waals surface area contributed by atoms with Gasteiger partial charge >= 0.3 is 0 Å². The Kier molecular flexibility index (Phi) is 5.99. The fourth-order valence-electron chi connectivity index (χ4n) is 10.6. The second-order valence-electron chi connectivity index (χ2n) is 16.0. The molecule has 56 heavy (non-hydrogen) atoms. The van der Waals surface area contributed by atoms with Gasteiger partial charge in [-0.05, 0) is 70.1 Å². The van der Waals surface area contributed by atoms with Gasteiger partial charge in [0.15, 0.2) is 0 Å². The molecule has 3 nitrogen and oxygen atoms in total. The topological polar surface area (TPSA) is 19.1 Å². The summed E-state index contributed by atoms with van der Waals surface area (Å²) < 4.78 is 12.0. The first-order valence-electron chi connectivity index (χ1n) is 19.5. The highest BCUT2D eigenvalue weighted by Gasteiger charge is 2.43. The van der Waals surface area contributed by atoms with Crippen LogP contribution in [-0.2, 0) is 5.41 Å². The summed E-state index contributed by atoms with van der Waals surface area (Å²) in [5, 5.41) is 5.12. The molecule has 0 spiro atoms. The van der Waals surface area contributed by atoms with Gasteiger partial charge in [0.05, 0.1) is 27.8 Å². The van der Waals surface area contributed by atoms with Crippen LogP contribution in [0.15, 0.2) is 174 Å². The minimum absolute atomic E-state index is 0.118. The lowest BCUT2D eigenvalue weighted by Gasteiger charge is -2.33. The molecule has 3 aliphatic rings. The number of aromatic nitrogens is 2. The number of ether oxygens (including phenoxy) is 1. The van der Waals surface area contributed by atoms with Crippen molar-refractivity contribution in [1.29, 1.82) is 0 Å². The molecule has 2 aliphatic heterocycles.